The van der Waals surface area contributed by atoms with Gasteiger partial charge in [-0.05, 0) is 12.1 Å². The van der Waals surface area contributed by atoms with Gasteiger partial charge in [0.25, 0.3) is 0 Å². The van der Waals surface area contributed by atoms with Crippen molar-refractivity contribution in [1.82, 2.24) is 15.3 Å². The summed E-state index contributed by atoms with van der Waals surface area (Å²) in [6.45, 7) is 1.94. The molecular weight excluding hydrogens is 222 g/mol. The van der Waals surface area contributed by atoms with Gasteiger partial charge in [0.15, 0.2) is 0 Å². The van der Waals surface area contributed by atoms with Gasteiger partial charge in [-0.2, -0.15) is 0 Å². The summed E-state index contributed by atoms with van der Waals surface area (Å²) in [5.41, 5.74) is 4.32. The summed E-state index contributed by atoms with van der Waals surface area (Å²) in [7, 11) is 0. The van der Waals surface area contributed by atoms with Crippen molar-refractivity contribution in [2.24, 2.45) is 0 Å². The number of amides is 1. The highest BCUT2D eigenvalue weighted by Gasteiger charge is 2.02. The zero-order valence-electron chi connectivity index (χ0n) is 8.80. The molecule has 1 N–H and O–H groups in total. The molecule has 0 radical (unpaired) electrons. The van der Waals surface area contributed by atoms with Crippen LogP contribution in [0.3, 0.4) is 0 Å². The van der Waals surface area contributed by atoms with Gasteiger partial charge in [0.1, 0.15) is 0 Å². The number of hydrogen-bond donors (Lipinski definition) is 1. The molecule has 0 saturated carbocycles. The lowest BCUT2D eigenvalue weighted by molar-refractivity contribution is -0.119. The van der Waals surface area contributed by atoms with Crippen molar-refractivity contribution in [3.63, 3.8) is 0 Å². The Hall–Kier alpha value is -1.75. The second-order valence-corrected chi connectivity index (χ2v) is 4.02. The summed E-state index contributed by atoms with van der Waals surface area (Å²) < 4.78 is 0. The standard InChI is InChI=1S/C11H11N3OS/c1-8(15)12-5-9-3-2-4-10(14-9)11-6-16-7-13-11/h2-4,6-7H,5H2,1H3,(H,12,15). The number of pyridine rings is 1. The highest BCUT2D eigenvalue weighted by Crippen LogP contribution is 2.16. The Morgan fingerprint density at radius 3 is 3.00 bits per heavy atom. The second kappa shape index (κ2) is 4.85. The average Bonchev–Trinajstić information content (AvgIpc) is 2.80. The van der Waals surface area contributed by atoms with Crippen LogP contribution in [-0.2, 0) is 11.3 Å². The Bertz CT molecular complexity index is 482. The zero-order chi connectivity index (χ0) is 11.4. The lowest BCUT2D eigenvalue weighted by atomic mass is 10.2. The number of thiazole rings is 1. The number of nitrogens with zero attached hydrogens (tertiary/aromatic N) is 2. The Kier molecular flexibility index (Phi) is 3.26. The van der Waals surface area contributed by atoms with E-state index in [-0.39, 0.29) is 5.91 Å². The molecule has 82 valence electrons. The first kappa shape index (κ1) is 10.8. The molecule has 1 amide bonds. The predicted octanol–water partition coefficient (Wildman–Crippen LogP) is 1.84. The van der Waals surface area contributed by atoms with Crippen LogP contribution in [-0.4, -0.2) is 15.9 Å². The molecule has 0 atom stereocenters. The maximum Gasteiger partial charge on any atom is 0.217 e. The maximum atomic E-state index is 10.8. The van der Waals surface area contributed by atoms with E-state index in [0.717, 1.165) is 17.1 Å². The predicted molar refractivity (Wildman–Crippen MR) is 62.9 cm³/mol. The SMILES string of the molecule is CC(=O)NCc1cccc(-c2cscn2)n1. The average molecular weight is 233 g/mol. The van der Waals surface area contributed by atoms with E-state index in [4.69, 9.17) is 0 Å². The third-order valence-corrected chi connectivity index (χ3v) is 2.61. The van der Waals surface area contributed by atoms with Crippen molar-refractivity contribution >= 4 is 17.2 Å². The van der Waals surface area contributed by atoms with Gasteiger partial charge in [0.05, 0.1) is 29.1 Å². The number of carbonyl (C=O) groups excluding carboxylic acids is 1. The van der Waals surface area contributed by atoms with Crippen molar-refractivity contribution in [2.75, 3.05) is 0 Å². The summed E-state index contributed by atoms with van der Waals surface area (Å²) in [6, 6.07) is 5.71. The fourth-order valence-electron chi connectivity index (χ4n) is 1.27. The van der Waals surface area contributed by atoms with E-state index in [0.29, 0.717) is 6.54 Å². The molecule has 0 spiro atoms. The molecule has 0 bridgehead atoms. The van der Waals surface area contributed by atoms with Crippen LogP contribution in [0.1, 0.15) is 12.6 Å². The molecule has 0 fully saturated rings. The van der Waals surface area contributed by atoms with Gasteiger partial charge in [-0.3, -0.25) is 4.79 Å². The smallest absolute Gasteiger partial charge is 0.217 e. The topological polar surface area (TPSA) is 54.9 Å². The number of hydrogen-bond acceptors (Lipinski definition) is 4. The Morgan fingerprint density at radius 1 is 1.44 bits per heavy atom. The van der Waals surface area contributed by atoms with Crippen LogP contribution >= 0.6 is 11.3 Å². The fraction of sp³-hybridized carbons (Fsp3) is 0.182. The molecular formula is C11H11N3OS. The lowest BCUT2D eigenvalue weighted by Gasteiger charge is -2.03. The first-order chi connectivity index (χ1) is 7.75. The molecule has 16 heavy (non-hydrogen) atoms. The fourth-order valence-corrected chi connectivity index (χ4v) is 1.82. The Morgan fingerprint density at radius 2 is 2.31 bits per heavy atom. The molecule has 2 rings (SSSR count). The Balaban J connectivity index is 2.17. The highest BCUT2D eigenvalue weighted by molar-refractivity contribution is 7.07. The minimum absolute atomic E-state index is 0.0548. The summed E-state index contributed by atoms with van der Waals surface area (Å²) in [6.07, 6.45) is 0. The van der Waals surface area contributed by atoms with E-state index in [1.807, 2.05) is 23.6 Å². The van der Waals surface area contributed by atoms with Crippen molar-refractivity contribution in [3.05, 3.63) is 34.8 Å². The molecule has 0 aliphatic carbocycles. The van der Waals surface area contributed by atoms with Gasteiger partial charge in [0, 0.05) is 12.3 Å². The van der Waals surface area contributed by atoms with E-state index < -0.39 is 0 Å². The number of rotatable bonds is 3. The van der Waals surface area contributed by atoms with Crippen LogP contribution in [0.2, 0.25) is 0 Å². The molecule has 2 aromatic heterocycles. The first-order valence-electron chi connectivity index (χ1n) is 4.84. The summed E-state index contributed by atoms with van der Waals surface area (Å²) >= 11 is 1.54. The van der Waals surface area contributed by atoms with Gasteiger partial charge in [-0.25, -0.2) is 9.97 Å². The maximum absolute atomic E-state index is 10.8. The van der Waals surface area contributed by atoms with Crippen LogP contribution in [0.25, 0.3) is 11.4 Å². The van der Waals surface area contributed by atoms with Crippen LogP contribution in [0.15, 0.2) is 29.1 Å². The van der Waals surface area contributed by atoms with Gasteiger partial charge in [0.2, 0.25) is 5.91 Å². The van der Waals surface area contributed by atoms with E-state index >= 15 is 0 Å². The van der Waals surface area contributed by atoms with Gasteiger partial charge >= 0.3 is 0 Å². The van der Waals surface area contributed by atoms with Gasteiger partial charge < -0.3 is 5.32 Å². The van der Waals surface area contributed by atoms with Crippen molar-refractivity contribution in [3.8, 4) is 11.4 Å². The number of nitrogens with one attached hydrogen (secondary N) is 1. The molecule has 2 aromatic rings. The van der Waals surface area contributed by atoms with Gasteiger partial charge in [-0.15, -0.1) is 11.3 Å². The molecule has 0 aromatic carbocycles. The molecule has 0 unspecified atom stereocenters. The van der Waals surface area contributed by atoms with Crippen molar-refractivity contribution < 1.29 is 4.79 Å². The molecule has 0 saturated heterocycles. The minimum atomic E-state index is -0.0548. The Labute approximate surface area is 97.4 Å². The highest BCUT2D eigenvalue weighted by atomic mass is 32.1. The first-order valence-corrected chi connectivity index (χ1v) is 5.79. The quantitative estimate of drug-likeness (QED) is 0.880. The van der Waals surface area contributed by atoms with E-state index in [1.165, 1.54) is 18.3 Å². The largest absolute Gasteiger partial charge is 0.351 e. The van der Waals surface area contributed by atoms with Gasteiger partial charge in [-0.1, -0.05) is 6.07 Å². The number of aromatic nitrogens is 2. The van der Waals surface area contributed by atoms with Crippen LogP contribution in [0.4, 0.5) is 0 Å². The van der Waals surface area contributed by atoms with Crippen LogP contribution in [0, 0.1) is 0 Å². The van der Waals surface area contributed by atoms with E-state index in [9.17, 15) is 4.79 Å². The third kappa shape index (κ3) is 2.64. The molecule has 0 aliphatic rings. The van der Waals surface area contributed by atoms with Crippen LogP contribution < -0.4 is 5.32 Å². The van der Waals surface area contributed by atoms with E-state index in [1.54, 1.807) is 5.51 Å². The third-order valence-electron chi connectivity index (χ3n) is 2.02. The van der Waals surface area contributed by atoms with E-state index in [2.05, 4.69) is 15.3 Å². The van der Waals surface area contributed by atoms with Crippen molar-refractivity contribution in [2.45, 2.75) is 13.5 Å². The summed E-state index contributed by atoms with van der Waals surface area (Å²) in [4.78, 5) is 19.4. The van der Waals surface area contributed by atoms with Crippen molar-refractivity contribution in [1.29, 1.82) is 0 Å². The second-order valence-electron chi connectivity index (χ2n) is 3.30. The molecule has 5 heteroatoms. The lowest BCUT2D eigenvalue weighted by Crippen LogP contribution is -2.19. The molecule has 2 heterocycles. The zero-order valence-corrected chi connectivity index (χ0v) is 9.62. The summed E-state index contributed by atoms with van der Waals surface area (Å²) in [5, 5.41) is 4.66. The normalized spacial score (nSPS) is 10.1. The molecule has 4 nitrogen and oxygen atoms in total. The molecule has 0 aliphatic heterocycles. The number of carbonyl (C=O) groups is 1. The summed E-state index contributed by atoms with van der Waals surface area (Å²) in [5.74, 6) is -0.0548. The van der Waals surface area contributed by atoms with Crippen LogP contribution in [0.5, 0.6) is 0 Å². The minimum Gasteiger partial charge on any atom is -0.351 e. The monoisotopic (exact) mass is 233 g/mol.